The molecule has 1 heterocycles. The van der Waals surface area contributed by atoms with Crippen molar-refractivity contribution in [1.29, 1.82) is 0 Å². The van der Waals surface area contributed by atoms with Crippen LogP contribution in [0, 0.1) is 5.92 Å². The number of primary amides is 1. The molecular formula is C14H17BrN2O2. The quantitative estimate of drug-likeness (QED) is 0.927. The van der Waals surface area contributed by atoms with E-state index in [9.17, 15) is 9.59 Å². The lowest BCUT2D eigenvalue weighted by Gasteiger charge is -2.22. The molecule has 5 heteroatoms. The van der Waals surface area contributed by atoms with Crippen molar-refractivity contribution in [3.05, 3.63) is 28.2 Å². The van der Waals surface area contributed by atoms with Crippen molar-refractivity contribution in [3.63, 3.8) is 0 Å². The van der Waals surface area contributed by atoms with Crippen molar-refractivity contribution in [2.24, 2.45) is 11.7 Å². The molecule has 1 saturated heterocycles. The first-order valence-electron chi connectivity index (χ1n) is 6.29. The zero-order valence-corrected chi connectivity index (χ0v) is 12.6. The topological polar surface area (TPSA) is 63.4 Å². The van der Waals surface area contributed by atoms with E-state index >= 15 is 0 Å². The standard InChI is InChI=1S/C14H17BrN2O2/c1-8(2)11-6-10(15)3-4-12(11)17-7-9(14(16)19)5-13(17)18/h3-4,6,8-9H,5,7H2,1-2H3,(H2,16,19). The molecule has 2 amide bonds. The second-order valence-corrected chi connectivity index (χ2v) is 6.08. The summed E-state index contributed by atoms with van der Waals surface area (Å²) in [7, 11) is 0. The summed E-state index contributed by atoms with van der Waals surface area (Å²) in [6.07, 6.45) is 0.211. The van der Waals surface area contributed by atoms with Crippen LogP contribution >= 0.6 is 15.9 Å². The first-order valence-corrected chi connectivity index (χ1v) is 7.08. The number of hydrogen-bond acceptors (Lipinski definition) is 2. The Morgan fingerprint density at radius 2 is 2.16 bits per heavy atom. The third kappa shape index (κ3) is 2.81. The lowest BCUT2D eigenvalue weighted by Crippen LogP contribution is -2.29. The number of anilines is 1. The molecule has 0 aliphatic carbocycles. The minimum atomic E-state index is -0.404. The molecule has 4 nitrogen and oxygen atoms in total. The summed E-state index contributed by atoms with van der Waals surface area (Å²) in [4.78, 5) is 25.0. The number of halogens is 1. The largest absolute Gasteiger partial charge is 0.369 e. The highest BCUT2D eigenvalue weighted by Crippen LogP contribution is 2.34. The molecule has 2 N–H and O–H groups in total. The summed E-state index contributed by atoms with van der Waals surface area (Å²) in [5.41, 5.74) is 7.27. The number of hydrogen-bond donors (Lipinski definition) is 1. The summed E-state index contributed by atoms with van der Waals surface area (Å²) in [6, 6.07) is 5.84. The van der Waals surface area contributed by atoms with E-state index in [0.717, 1.165) is 15.7 Å². The van der Waals surface area contributed by atoms with Crippen molar-refractivity contribution < 1.29 is 9.59 Å². The van der Waals surface area contributed by atoms with Gasteiger partial charge in [-0.2, -0.15) is 0 Å². The Hall–Kier alpha value is -1.36. The van der Waals surface area contributed by atoms with Gasteiger partial charge >= 0.3 is 0 Å². The Bertz CT molecular complexity index is 528. The lowest BCUT2D eigenvalue weighted by atomic mass is 10.0. The van der Waals surface area contributed by atoms with Crippen molar-refractivity contribution >= 4 is 33.4 Å². The second kappa shape index (κ2) is 5.33. The summed E-state index contributed by atoms with van der Waals surface area (Å²) < 4.78 is 0.984. The highest BCUT2D eigenvalue weighted by atomic mass is 79.9. The van der Waals surface area contributed by atoms with Gasteiger partial charge in [0.25, 0.3) is 0 Å². The summed E-state index contributed by atoms with van der Waals surface area (Å²) in [5, 5.41) is 0. The normalized spacial score (nSPS) is 19.3. The zero-order valence-electron chi connectivity index (χ0n) is 11.0. The molecule has 1 fully saturated rings. The van der Waals surface area contributed by atoms with Crippen LogP contribution in [0.5, 0.6) is 0 Å². The molecule has 1 aromatic rings. The second-order valence-electron chi connectivity index (χ2n) is 5.17. The summed E-state index contributed by atoms with van der Waals surface area (Å²) in [5.74, 6) is -0.517. The van der Waals surface area contributed by atoms with Gasteiger partial charge in [0.05, 0.1) is 5.92 Å². The summed E-state index contributed by atoms with van der Waals surface area (Å²) >= 11 is 3.45. The van der Waals surface area contributed by atoms with E-state index in [4.69, 9.17) is 5.73 Å². The van der Waals surface area contributed by atoms with Gasteiger partial charge in [0, 0.05) is 23.1 Å². The average Bonchev–Trinajstić information content (AvgIpc) is 2.71. The molecule has 19 heavy (non-hydrogen) atoms. The average molecular weight is 325 g/mol. The van der Waals surface area contributed by atoms with Crippen LogP contribution in [0.4, 0.5) is 5.69 Å². The highest BCUT2D eigenvalue weighted by molar-refractivity contribution is 9.10. The Labute approximate surface area is 121 Å². The molecule has 1 aliphatic heterocycles. The molecular weight excluding hydrogens is 308 g/mol. The molecule has 1 atom stereocenters. The van der Waals surface area contributed by atoms with E-state index < -0.39 is 5.91 Å². The number of rotatable bonds is 3. The van der Waals surface area contributed by atoms with E-state index in [1.165, 1.54) is 0 Å². The van der Waals surface area contributed by atoms with Crippen LogP contribution in [0.25, 0.3) is 0 Å². The lowest BCUT2D eigenvalue weighted by molar-refractivity contribution is -0.123. The third-order valence-corrected chi connectivity index (χ3v) is 3.92. The van der Waals surface area contributed by atoms with Crippen molar-refractivity contribution in [3.8, 4) is 0 Å². The molecule has 2 rings (SSSR count). The van der Waals surface area contributed by atoms with E-state index in [-0.39, 0.29) is 18.2 Å². The van der Waals surface area contributed by atoms with E-state index in [2.05, 4.69) is 29.8 Å². The fraction of sp³-hybridized carbons (Fsp3) is 0.429. The van der Waals surface area contributed by atoms with E-state index in [1.54, 1.807) is 4.90 Å². The van der Waals surface area contributed by atoms with Gasteiger partial charge < -0.3 is 10.6 Å². The zero-order chi connectivity index (χ0) is 14.2. The maximum atomic E-state index is 12.1. The van der Waals surface area contributed by atoms with Crippen molar-refractivity contribution in [2.45, 2.75) is 26.2 Å². The number of carbonyl (C=O) groups is 2. The Morgan fingerprint density at radius 3 is 2.68 bits per heavy atom. The van der Waals surface area contributed by atoms with Crippen LogP contribution < -0.4 is 10.6 Å². The van der Waals surface area contributed by atoms with Crippen LogP contribution in [-0.2, 0) is 9.59 Å². The van der Waals surface area contributed by atoms with Gasteiger partial charge in [-0.05, 0) is 29.7 Å². The fourth-order valence-electron chi connectivity index (χ4n) is 2.36. The predicted molar refractivity (Wildman–Crippen MR) is 77.9 cm³/mol. The number of nitrogens with zero attached hydrogens (tertiary/aromatic N) is 1. The van der Waals surface area contributed by atoms with Crippen LogP contribution in [-0.4, -0.2) is 18.4 Å². The molecule has 0 bridgehead atoms. The number of amides is 2. The molecule has 102 valence electrons. The predicted octanol–water partition coefficient (Wildman–Crippen LogP) is 2.41. The highest BCUT2D eigenvalue weighted by Gasteiger charge is 2.35. The van der Waals surface area contributed by atoms with Crippen LogP contribution in [0.15, 0.2) is 22.7 Å². The summed E-state index contributed by atoms with van der Waals surface area (Å²) in [6.45, 7) is 4.55. The van der Waals surface area contributed by atoms with E-state index in [0.29, 0.717) is 12.5 Å². The van der Waals surface area contributed by atoms with E-state index in [1.807, 2.05) is 18.2 Å². The number of nitrogens with two attached hydrogens (primary N) is 1. The molecule has 0 aromatic heterocycles. The van der Waals surface area contributed by atoms with Gasteiger partial charge in [-0.25, -0.2) is 0 Å². The smallest absolute Gasteiger partial charge is 0.227 e. The first kappa shape index (κ1) is 14.1. The molecule has 0 radical (unpaired) electrons. The SMILES string of the molecule is CC(C)c1cc(Br)ccc1N1CC(C(N)=O)CC1=O. The minimum absolute atomic E-state index is 0.0342. The minimum Gasteiger partial charge on any atom is -0.369 e. The maximum absolute atomic E-state index is 12.1. The fourth-order valence-corrected chi connectivity index (χ4v) is 2.74. The first-order chi connectivity index (χ1) is 8.90. The van der Waals surface area contributed by atoms with Crippen LogP contribution in [0.1, 0.15) is 31.7 Å². The molecule has 1 aromatic carbocycles. The monoisotopic (exact) mass is 324 g/mol. The number of carbonyl (C=O) groups excluding carboxylic acids is 2. The third-order valence-electron chi connectivity index (χ3n) is 3.43. The van der Waals surface area contributed by atoms with Crippen molar-refractivity contribution in [2.75, 3.05) is 11.4 Å². The van der Waals surface area contributed by atoms with Gasteiger partial charge in [-0.15, -0.1) is 0 Å². The van der Waals surface area contributed by atoms with Crippen LogP contribution in [0.2, 0.25) is 0 Å². The van der Waals surface area contributed by atoms with Gasteiger partial charge in [0.1, 0.15) is 0 Å². The Kier molecular flexibility index (Phi) is 3.94. The molecule has 0 saturated carbocycles. The molecule has 1 unspecified atom stereocenters. The van der Waals surface area contributed by atoms with Gasteiger partial charge in [0.2, 0.25) is 11.8 Å². The Balaban J connectivity index is 2.37. The molecule has 1 aliphatic rings. The van der Waals surface area contributed by atoms with Gasteiger partial charge in [-0.1, -0.05) is 29.8 Å². The maximum Gasteiger partial charge on any atom is 0.227 e. The Morgan fingerprint density at radius 1 is 1.47 bits per heavy atom. The van der Waals surface area contributed by atoms with Gasteiger partial charge in [0.15, 0.2) is 0 Å². The number of benzene rings is 1. The van der Waals surface area contributed by atoms with Crippen LogP contribution in [0.3, 0.4) is 0 Å². The van der Waals surface area contributed by atoms with Crippen molar-refractivity contribution in [1.82, 2.24) is 0 Å². The molecule has 0 spiro atoms. The van der Waals surface area contributed by atoms with Gasteiger partial charge in [-0.3, -0.25) is 9.59 Å².